The number of oxazole rings is 1. The first-order valence-electron chi connectivity index (χ1n) is 4.55. The van der Waals surface area contributed by atoms with Crippen LogP contribution in [0.5, 0.6) is 0 Å². The lowest BCUT2D eigenvalue weighted by atomic mass is 10.1. The van der Waals surface area contributed by atoms with Gasteiger partial charge in [0, 0.05) is 10.8 Å². The van der Waals surface area contributed by atoms with Crippen LogP contribution in [0.25, 0.3) is 22.4 Å². The monoisotopic (exact) mass is 197 g/mol. The number of benzene rings is 1. The Morgan fingerprint density at radius 1 is 1.13 bits per heavy atom. The number of fused-ring (bicyclic) bond motifs is 1. The summed E-state index contributed by atoms with van der Waals surface area (Å²) in [6.45, 7) is 0. The van der Waals surface area contributed by atoms with E-state index in [0.717, 1.165) is 10.8 Å². The maximum absolute atomic E-state index is 5.21. The van der Waals surface area contributed by atoms with Gasteiger partial charge in [-0.15, -0.1) is 5.10 Å². The van der Waals surface area contributed by atoms with E-state index >= 15 is 0 Å². The lowest BCUT2D eigenvalue weighted by molar-refractivity contribution is 0.571. The second-order valence-corrected chi connectivity index (χ2v) is 3.12. The first-order valence-corrected chi connectivity index (χ1v) is 4.55. The normalized spacial score (nSPS) is 10.7. The molecule has 0 unspecified atom stereocenters. The molecule has 1 aromatic carbocycles. The van der Waals surface area contributed by atoms with Gasteiger partial charge < -0.3 is 4.42 Å². The average Bonchev–Trinajstić information content (AvgIpc) is 2.82. The zero-order valence-corrected chi connectivity index (χ0v) is 7.79. The largest absolute Gasteiger partial charge is 0.443 e. The van der Waals surface area contributed by atoms with Crippen molar-refractivity contribution in [2.24, 2.45) is 0 Å². The van der Waals surface area contributed by atoms with Crippen molar-refractivity contribution in [2.75, 3.05) is 0 Å². The Morgan fingerprint density at radius 2 is 2.07 bits per heavy atom. The quantitative estimate of drug-likeness (QED) is 0.600. The SMILES string of the molecule is c1ccc2c(-c3ncco3)nncc2c1. The van der Waals surface area contributed by atoms with Crippen molar-refractivity contribution in [1.82, 2.24) is 15.2 Å². The molecule has 0 atom stereocenters. The second-order valence-electron chi connectivity index (χ2n) is 3.12. The van der Waals surface area contributed by atoms with Crippen LogP contribution in [-0.2, 0) is 0 Å². The van der Waals surface area contributed by atoms with Crippen molar-refractivity contribution < 1.29 is 4.42 Å². The third-order valence-corrected chi connectivity index (χ3v) is 2.21. The Kier molecular flexibility index (Phi) is 1.71. The predicted molar refractivity (Wildman–Crippen MR) is 55.0 cm³/mol. The van der Waals surface area contributed by atoms with Crippen molar-refractivity contribution >= 4 is 10.8 Å². The molecule has 0 saturated heterocycles. The Balaban J connectivity index is 2.36. The van der Waals surface area contributed by atoms with Gasteiger partial charge in [-0.25, -0.2) is 4.98 Å². The first-order chi connectivity index (χ1) is 7.45. The number of nitrogens with zero attached hydrogens (tertiary/aromatic N) is 3. The highest BCUT2D eigenvalue weighted by Gasteiger charge is 2.08. The minimum absolute atomic E-state index is 0.499. The molecule has 0 aliphatic heterocycles. The summed E-state index contributed by atoms with van der Waals surface area (Å²) in [5.41, 5.74) is 0.679. The van der Waals surface area contributed by atoms with Crippen LogP contribution in [0, 0.1) is 0 Å². The first kappa shape index (κ1) is 8.11. The molecule has 15 heavy (non-hydrogen) atoms. The van der Waals surface area contributed by atoms with Gasteiger partial charge in [-0.3, -0.25) is 0 Å². The Morgan fingerprint density at radius 3 is 2.93 bits per heavy atom. The van der Waals surface area contributed by atoms with Crippen LogP contribution in [0.2, 0.25) is 0 Å². The summed E-state index contributed by atoms with van der Waals surface area (Å²) in [6.07, 6.45) is 4.85. The van der Waals surface area contributed by atoms with Gasteiger partial charge in [0.15, 0.2) is 5.69 Å². The minimum atomic E-state index is 0.499. The molecule has 4 nitrogen and oxygen atoms in total. The molecule has 0 bridgehead atoms. The molecule has 0 spiro atoms. The van der Waals surface area contributed by atoms with Gasteiger partial charge in [0.2, 0.25) is 5.89 Å². The molecule has 4 heteroatoms. The molecule has 0 radical (unpaired) electrons. The summed E-state index contributed by atoms with van der Waals surface area (Å²) < 4.78 is 5.21. The van der Waals surface area contributed by atoms with Crippen molar-refractivity contribution in [3.8, 4) is 11.6 Å². The Hall–Kier alpha value is -2.23. The standard InChI is InChI=1S/C11H7N3O/c1-2-4-9-8(3-1)7-13-14-10(9)11-12-5-6-15-11/h1-7H. The summed E-state index contributed by atoms with van der Waals surface area (Å²) >= 11 is 0. The third kappa shape index (κ3) is 1.27. The predicted octanol–water partition coefficient (Wildman–Crippen LogP) is 2.28. The second kappa shape index (κ2) is 3.16. The van der Waals surface area contributed by atoms with Crippen LogP contribution in [0.3, 0.4) is 0 Å². The maximum Gasteiger partial charge on any atom is 0.247 e. The molecule has 72 valence electrons. The van der Waals surface area contributed by atoms with Gasteiger partial charge in [0.25, 0.3) is 0 Å². The summed E-state index contributed by atoms with van der Waals surface area (Å²) in [7, 11) is 0. The van der Waals surface area contributed by atoms with E-state index in [9.17, 15) is 0 Å². The van der Waals surface area contributed by atoms with Crippen molar-refractivity contribution in [3.05, 3.63) is 42.9 Å². The summed E-state index contributed by atoms with van der Waals surface area (Å²) in [5.74, 6) is 0.499. The van der Waals surface area contributed by atoms with E-state index < -0.39 is 0 Å². The fourth-order valence-electron chi connectivity index (χ4n) is 1.53. The van der Waals surface area contributed by atoms with Gasteiger partial charge in [-0.1, -0.05) is 24.3 Å². The lowest BCUT2D eigenvalue weighted by Crippen LogP contribution is -1.89. The lowest BCUT2D eigenvalue weighted by Gasteiger charge is -1.99. The number of hydrogen-bond acceptors (Lipinski definition) is 4. The van der Waals surface area contributed by atoms with Gasteiger partial charge in [0.05, 0.1) is 12.4 Å². The molecule has 0 N–H and O–H groups in total. The average molecular weight is 197 g/mol. The van der Waals surface area contributed by atoms with E-state index in [1.54, 1.807) is 12.4 Å². The summed E-state index contributed by atoms with van der Waals surface area (Å²) in [6, 6.07) is 7.87. The molecule has 2 heterocycles. The molecule has 3 rings (SSSR count). The minimum Gasteiger partial charge on any atom is -0.443 e. The maximum atomic E-state index is 5.21. The van der Waals surface area contributed by atoms with E-state index in [4.69, 9.17) is 4.42 Å². The van der Waals surface area contributed by atoms with Crippen LogP contribution in [0.4, 0.5) is 0 Å². The number of hydrogen-bond donors (Lipinski definition) is 0. The van der Waals surface area contributed by atoms with E-state index in [-0.39, 0.29) is 0 Å². The van der Waals surface area contributed by atoms with Crippen molar-refractivity contribution in [3.63, 3.8) is 0 Å². The third-order valence-electron chi connectivity index (χ3n) is 2.21. The van der Waals surface area contributed by atoms with E-state index in [2.05, 4.69) is 15.2 Å². The van der Waals surface area contributed by atoms with E-state index in [0.29, 0.717) is 11.6 Å². The van der Waals surface area contributed by atoms with Crippen LogP contribution < -0.4 is 0 Å². The molecule has 0 amide bonds. The van der Waals surface area contributed by atoms with Crippen molar-refractivity contribution in [2.45, 2.75) is 0 Å². The highest BCUT2D eigenvalue weighted by molar-refractivity contribution is 5.91. The van der Waals surface area contributed by atoms with Gasteiger partial charge in [-0.05, 0) is 0 Å². The number of aromatic nitrogens is 3. The smallest absolute Gasteiger partial charge is 0.247 e. The van der Waals surface area contributed by atoms with Crippen LogP contribution >= 0.6 is 0 Å². The highest BCUT2D eigenvalue weighted by Crippen LogP contribution is 2.23. The summed E-state index contributed by atoms with van der Waals surface area (Å²) in [4.78, 5) is 4.07. The molecule has 0 aliphatic rings. The topological polar surface area (TPSA) is 51.8 Å². The molecule has 3 aromatic rings. The van der Waals surface area contributed by atoms with Gasteiger partial charge in [-0.2, -0.15) is 5.10 Å². The van der Waals surface area contributed by atoms with Gasteiger partial charge in [0.1, 0.15) is 6.26 Å². The van der Waals surface area contributed by atoms with E-state index in [1.807, 2.05) is 24.3 Å². The molecular formula is C11H7N3O. The number of rotatable bonds is 1. The van der Waals surface area contributed by atoms with E-state index in [1.165, 1.54) is 6.26 Å². The van der Waals surface area contributed by atoms with Crippen LogP contribution in [-0.4, -0.2) is 15.2 Å². The van der Waals surface area contributed by atoms with Crippen LogP contribution in [0.15, 0.2) is 47.3 Å². The fourth-order valence-corrected chi connectivity index (χ4v) is 1.53. The molecule has 0 fully saturated rings. The van der Waals surface area contributed by atoms with Crippen molar-refractivity contribution in [1.29, 1.82) is 0 Å². The Bertz CT molecular complexity index is 584. The highest BCUT2D eigenvalue weighted by atomic mass is 16.3. The van der Waals surface area contributed by atoms with Gasteiger partial charge >= 0.3 is 0 Å². The van der Waals surface area contributed by atoms with Crippen LogP contribution in [0.1, 0.15) is 0 Å². The molecule has 2 aromatic heterocycles. The zero-order chi connectivity index (χ0) is 10.1. The fraction of sp³-hybridized carbons (Fsp3) is 0. The Labute approximate surface area is 85.6 Å². The molecule has 0 saturated carbocycles. The summed E-state index contributed by atoms with van der Waals surface area (Å²) in [5, 5.41) is 9.99. The zero-order valence-electron chi connectivity index (χ0n) is 7.79. The molecule has 0 aliphatic carbocycles. The molecular weight excluding hydrogens is 190 g/mol.